The standard InChI is InChI=1S/C20H36N4O7/c1-9(2)7-13(22-17(27)12(21)8-14(25)26)18(28)23-15(10(3)4)19(29)24-16(11(5)6)20(30)31/h9-13,15-16H,7-8,21H2,1-6H3,(H,22,27)(H,23,28)(H,24,29)(H,25,26)(H,30,31). The smallest absolute Gasteiger partial charge is 0.326 e. The van der Waals surface area contributed by atoms with Crippen molar-refractivity contribution in [3.8, 4) is 0 Å². The normalized spacial score (nSPS) is 15.2. The first kappa shape index (κ1) is 28.3. The van der Waals surface area contributed by atoms with Crippen LogP contribution in [0.5, 0.6) is 0 Å². The lowest BCUT2D eigenvalue weighted by molar-refractivity contribution is -0.144. The van der Waals surface area contributed by atoms with Gasteiger partial charge in [-0.3, -0.25) is 19.2 Å². The molecule has 4 atom stereocenters. The van der Waals surface area contributed by atoms with Crippen molar-refractivity contribution in [1.82, 2.24) is 16.0 Å². The fourth-order valence-electron chi connectivity index (χ4n) is 2.81. The van der Waals surface area contributed by atoms with Crippen LogP contribution in [0.1, 0.15) is 54.4 Å². The molecule has 0 heterocycles. The quantitative estimate of drug-likeness (QED) is 0.223. The highest BCUT2D eigenvalue weighted by Gasteiger charge is 2.33. The maximum Gasteiger partial charge on any atom is 0.326 e. The van der Waals surface area contributed by atoms with E-state index in [1.807, 2.05) is 13.8 Å². The molecule has 0 spiro atoms. The first-order chi connectivity index (χ1) is 14.2. The molecule has 11 nitrogen and oxygen atoms in total. The molecule has 0 aromatic rings. The zero-order valence-corrected chi connectivity index (χ0v) is 19.0. The van der Waals surface area contributed by atoms with Crippen molar-refractivity contribution in [2.24, 2.45) is 23.5 Å². The van der Waals surface area contributed by atoms with Crippen LogP contribution in [0.2, 0.25) is 0 Å². The highest BCUT2D eigenvalue weighted by atomic mass is 16.4. The van der Waals surface area contributed by atoms with Crippen molar-refractivity contribution >= 4 is 29.7 Å². The van der Waals surface area contributed by atoms with E-state index in [0.29, 0.717) is 0 Å². The van der Waals surface area contributed by atoms with Crippen LogP contribution in [0.3, 0.4) is 0 Å². The molecule has 0 aliphatic rings. The number of rotatable bonds is 13. The number of aliphatic carboxylic acids is 2. The second-order valence-corrected chi connectivity index (χ2v) is 8.69. The second-order valence-electron chi connectivity index (χ2n) is 8.69. The van der Waals surface area contributed by atoms with Gasteiger partial charge >= 0.3 is 11.9 Å². The number of carboxylic acids is 2. The van der Waals surface area contributed by atoms with E-state index in [0.717, 1.165) is 0 Å². The molecule has 11 heteroatoms. The van der Waals surface area contributed by atoms with Gasteiger partial charge < -0.3 is 31.9 Å². The molecule has 7 N–H and O–H groups in total. The minimum atomic E-state index is -1.33. The lowest BCUT2D eigenvalue weighted by Gasteiger charge is -2.28. The third-order valence-electron chi connectivity index (χ3n) is 4.55. The highest BCUT2D eigenvalue weighted by molar-refractivity contribution is 5.94. The van der Waals surface area contributed by atoms with Crippen molar-refractivity contribution in [1.29, 1.82) is 0 Å². The first-order valence-electron chi connectivity index (χ1n) is 10.3. The Morgan fingerprint density at radius 3 is 1.61 bits per heavy atom. The van der Waals surface area contributed by atoms with Gasteiger partial charge in [-0.15, -0.1) is 0 Å². The molecule has 0 aromatic heterocycles. The van der Waals surface area contributed by atoms with Crippen LogP contribution in [-0.2, 0) is 24.0 Å². The van der Waals surface area contributed by atoms with E-state index in [1.165, 1.54) is 0 Å². The van der Waals surface area contributed by atoms with E-state index in [2.05, 4.69) is 16.0 Å². The zero-order chi connectivity index (χ0) is 24.5. The molecule has 0 aliphatic heterocycles. The van der Waals surface area contributed by atoms with E-state index >= 15 is 0 Å². The Morgan fingerprint density at radius 2 is 1.23 bits per heavy atom. The molecule has 4 unspecified atom stereocenters. The van der Waals surface area contributed by atoms with E-state index in [9.17, 15) is 29.1 Å². The van der Waals surface area contributed by atoms with Crippen LogP contribution in [0.4, 0.5) is 0 Å². The maximum absolute atomic E-state index is 12.9. The predicted octanol–water partition coefficient (Wildman–Crippen LogP) is -0.314. The van der Waals surface area contributed by atoms with Gasteiger partial charge in [-0.05, 0) is 24.2 Å². The topological polar surface area (TPSA) is 188 Å². The summed E-state index contributed by atoms with van der Waals surface area (Å²) >= 11 is 0. The van der Waals surface area contributed by atoms with E-state index in [-0.39, 0.29) is 24.2 Å². The molecule has 0 fully saturated rings. The van der Waals surface area contributed by atoms with Gasteiger partial charge in [0.1, 0.15) is 18.1 Å². The number of nitrogens with two attached hydrogens (primary N) is 1. The molecule has 0 radical (unpaired) electrons. The fraction of sp³-hybridized carbons (Fsp3) is 0.750. The summed E-state index contributed by atoms with van der Waals surface area (Å²) in [6, 6.07) is -4.52. The summed E-state index contributed by atoms with van der Waals surface area (Å²) in [6.45, 7) is 10.3. The molecule has 0 rings (SSSR count). The number of amides is 3. The van der Waals surface area contributed by atoms with E-state index in [1.54, 1.807) is 27.7 Å². The molecule has 3 amide bonds. The van der Waals surface area contributed by atoms with Gasteiger partial charge in [0.05, 0.1) is 12.5 Å². The summed E-state index contributed by atoms with van der Waals surface area (Å²) in [5.41, 5.74) is 5.56. The summed E-state index contributed by atoms with van der Waals surface area (Å²) in [5.74, 6) is -5.26. The largest absolute Gasteiger partial charge is 0.481 e. The summed E-state index contributed by atoms with van der Waals surface area (Å²) in [6.07, 6.45) is -0.363. The molecule has 0 bridgehead atoms. The molecular weight excluding hydrogens is 408 g/mol. The molecule has 0 saturated heterocycles. The Labute approximate surface area is 182 Å². The van der Waals surface area contributed by atoms with Crippen molar-refractivity contribution < 1.29 is 34.2 Å². The summed E-state index contributed by atoms with van der Waals surface area (Å²) in [5, 5.41) is 25.5. The third-order valence-corrected chi connectivity index (χ3v) is 4.55. The third kappa shape index (κ3) is 10.3. The van der Waals surface area contributed by atoms with Gasteiger partial charge in [-0.2, -0.15) is 0 Å². The Kier molecular flexibility index (Phi) is 11.8. The van der Waals surface area contributed by atoms with Gasteiger partial charge in [0, 0.05) is 0 Å². The van der Waals surface area contributed by atoms with Gasteiger partial charge in [0.25, 0.3) is 0 Å². The molecule has 0 aromatic carbocycles. The first-order valence-corrected chi connectivity index (χ1v) is 10.3. The molecule has 0 saturated carbocycles. The van der Waals surface area contributed by atoms with E-state index in [4.69, 9.17) is 10.8 Å². The van der Waals surface area contributed by atoms with Gasteiger partial charge in [-0.1, -0.05) is 41.5 Å². The van der Waals surface area contributed by atoms with Crippen LogP contribution < -0.4 is 21.7 Å². The van der Waals surface area contributed by atoms with Crippen LogP contribution >= 0.6 is 0 Å². The van der Waals surface area contributed by atoms with Crippen LogP contribution in [-0.4, -0.2) is 64.0 Å². The Bertz CT molecular complexity index is 664. The number of hydrogen-bond donors (Lipinski definition) is 6. The Morgan fingerprint density at radius 1 is 0.742 bits per heavy atom. The van der Waals surface area contributed by atoms with Gasteiger partial charge in [0.2, 0.25) is 17.7 Å². The number of carbonyl (C=O) groups is 5. The Balaban J connectivity index is 5.43. The number of nitrogens with one attached hydrogen (secondary N) is 3. The molecule has 178 valence electrons. The van der Waals surface area contributed by atoms with Crippen molar-refractivity contribution in [3.05, 3.63) is 0 Å². The minimum absolute atomic E-state index is 0.00425. The van der Waals surface area contributed by atoms with E-state index < -0.39 is 60.2 Å². The monoisotopic (exact) mass is 444 g/mol. The number of carboxylic acid groups (broad SMARTS) is 2. The summed E-state index contributed by atoms with van der Waals surface area (Å²) in [4.78, 5) is 59.9. The molecule has 0 aliphatic carbocycles. The fourth-order valence-corrected chi connectivity index (χ4v) is 2.81. The number of hydrogen-bond acceptors (Lipinski definition) is 6. The summed E-state index contributed by atoms with van der Waals surface area (Å²) in [7, 11) is 0. The lowest BCUT2D eigenvalue weighted by atomic mass is 9.98. The highest BCUT2D eigenvalue weighted by Crippen LogP contribution is 2.10. The Hall–Kier alpha value is -2.69. The van der Waals surface area contributed by atoms with Gasteiger partial charge in [0.15, 0.2) is 0 Å². The molecule has 31 heavy (non-hydrogen) atoms. The van der Waals surface area contributed by atoms with Crippen LogP contribution in [0.15, 0.2) is 0 Å². The predicted molar refractivity (Wildman–Crippen MR) is 113 cm³/mol. The summed E-state index contributed by atoms with van der Waals surface area (Å²) < 4.78 is 0. The van der Waals surface area contributed by atoms with Crippen molar-refractivity contribution in [2.75, 3.05) is 0 Å². The van der Waals surface area contributed by atoms with Crippen molar-refractivity contribution in [2.45, 2.75) is 78.6 Å². The van der Waals surface area contributed by atoms with Crippen molar-refractivity contribution in [3.63, 3.8) is 0 Å². The maximum atomic E-state index is 12.9. The molecular formula is C20H36N4O7. The van der Waals surface area contributed by atoms with Gasteiger partial charge in [-0.25, -0.2) is 4.79 Å². The van der Waals surface area contributed by atoms with Crippen LogP contribution in [0.25, 0.3) is 0 Å². The van der Waals surface area contributed by atoms with Crippen LogP contribution in [0, 0.1) is 17.8 Å². The number of carbonyl (C=O) groups excluding carboxylic acids is 3. The average Bonchev–Trinajstić information content (AvgIpc) is 2.61. The average molecular weight is 445 g/mol. The SMILES string of the molecule is CC(C)CC(NC(=O)C(N)CC(=O)O)C(=O)NC(C(=O)NC(C(=O)O)C(C)C)C(C)C. The minimum Gasteiger partial charge on any atom is -0.481 e. The lowest BCUT2D eigenvalue weighted by Crippen LogP contribution is -2.59. The second kappa shape index (κ2) is 12.9. The zero-order valence-electron chi connectivity index (χ0n) is 19.0.